The van der Waals surface area contributed by atoms with Crippen LogP contribution in [-0.2, 0) is 6.42 Å². The Morgan fingerprint density at radius 3 is 2.37 bits per heavy atom. The number of methoxy groups -OCH3 is 2. The third-order valence-electron chi connectivity index (χ3n) is 6.84. The lowest BCUT2D eigenvalue weighted by Crippen LogP contribution is -2.37. The molecule has 188 valence electrons. The summed E-state index contributed by atoms with van der Waals surface area (Å²) in [7, 11) is 7.42. The summed E-state index contributed by atoms with van der Waals surface area (Å²) < 4.78 is 10.7. The van der Waals surface area contributed by atoms with E-state index in [4.69, 9.17) is 19.4 Å². The first-order valence-electron chi connectivity index (χ1n) is 12.7. The predicted molar refractivity (Wildman–Crippen MR) is 144 cm³/mol. The van der Waals surface area contributed by atoms with Gasteiger partial charge in [0.15, 0.2) is 11.5 Å². The van der Waals surface area contributed by atoms with Crippen molar-refractivity contribution in [1.29, 1.82) is 0 Å². The zero-order valence-corrected chi connectivity index (χ0v) is 21.5. The Kier molecular flexibility index (Phi) is 8.64. The number of aryl methyl sites for hydroxylation is 1. The van der Waals surface area contributed by atoms with Gasteiger partial charge in [0.1, 0.15) is 5.82 Å². The van der Waals surface area contributed by atoms with Crippen LogP contribution in [0, 0.1) is 0 Å². The molecule has 1 fully saturated rings. The van der Waals surface area contributed by atoms with Crippen molar-refractivity contribution in [3.05, 3.63) is 48.0 Å². The summed E-state index contributed by atoms with van der Waals surface area (Å²) in [6.07, 6.45) is 8.02. The van der Waals surface area contributed by atoms with E-state index in [1.165, 1.54) is 24.8 Å². The molecule has 1 aromatic heterocycles. The summed E-state index contributed by atoms with van der Waals surface area (Å²) in [5.74, 6) is 3.29. The molecule has 35 heavy (non-hydrogen) atoms. The Morgan fingerprint density at radius 1 is 0.886 bits per heavy atom. The first-order chi connectivity index (χ1) is 17.1. The van der Waals surface area contributed by atoms with Crippen LogP contribution in [0.25, 0.3) is 10.9 Å². The SMILES string of the molecule is COc1ccc(CCCCNC2CCC(Nc3nc(N(C)C)c4ccccc4n3)CC2)cc1OC. The van der Waals surface area contributed by atoms with Gasteiger partial charge >= 0.3 is 0 Å². The number of unbranched alkanes of at least 4 members (excludes halogenated alkanes) is 1. The highest BCUT2D eigenvalue weighted by Crippen LogP contribution is 2.28. The van der Waals surface area contributed by atoms with Gasteiger partial charge in [0.2, 0.25) is 5.95 Å². The minimum Gasteiger partial charge on any atom is -0.493 e. The number of anilines is 2. The van der Waals surface area contributed by atoms with E-state index in [-0.39, 0.29) is 0 Å². The van der Waals surface area contributed by atoms with E-state index in [1.54, 1.807) is 14.2 Å². The highest BCUT2D eigenvalue weighted by atomic mass is 16.5. The van der Waals surface area contributed by atoms with Crippen LogP contribution in [0.2, 0.25) is 0 Å². The first kappa shape index (κ1) is 25.0. The molecule has 7 nitrogen and oxygen atoms in total. The van der Waals surface area contributed by atoms with Crippen LogP contribution in [0.4, 0.5) is 11.8 Å². The number of nitrogens with zero attached hydrogens (tertiary/aromatic N) is 3. The zero-order chi connectivity index (χ0) is 24.6. The molecule has 1 aliphatic rings. The van der Waals surface area contributed by atoms with Crippen LogP contribution in [-0.4, -0.2) is 56.9 Å². The largest absolute Gasteiger partial charge is 0.493 e. The quantitative estimate of drug-likeness (QED) is 0.375. The van der Waals surface area contributed by atoms with Gasteiger partial charge in [-0.05, 0) is 81.3 Å². The molecule has 1 aliphatic carbocycles. The Hall–Kier alpha value is -3.06. The minimum absolute atomic E-state index is 0.425. The highest BCUT2D eigenvalue weighted by Gasteiger charge is 2.22. The molecule has 0 amide bonds. The van der Waals surface area contributed by atoms with E-state index >= 15 is 0 Å². The molecular formula is C28H39N5O2. The molecule has 0 aliphatic heterocycles. The van der Waals surface area contributed by atoms with E-state index in [1.807, 2.05) is 32.3 Å². The number of hydrogen-bond acceptors (Lipinski definition) is 7. The summed E-state index contributed by atoms with van der Waals surface area (Å²) in [5.41, 5.74) is 2.28. The van der Waals surface area contributed by atoms with Crippen LogP contribution >= 0.6 is 0 Å². The number of benzene rings is 2. The maximum absolute atomic E-state index is 5.41. The van der Waals surface area contributed by atoms with Gasteiger partial charge in [0.05, 0.1) is 19.7 Å². The predicted octanol–water partition coefficient (Wildman–Crippen LogP) is 5.05. The van der Waals surface area contributed by atoms with Crippen molar-refractivity contribution in [1.82, 2.24) is 15.3 Å². The highest BCUT2D eigenvalue weighted by molar-refractivity contribution is 5.90. The minimum atomic E-state index is 0.425. The van der Waals surface area contributed by atoms with Crippen LogP contribution < -0.4 is 25.0 Å². The number of ether oxygens (including phenoxy) is 2. The van der Waals surface area contributed by atoms with Crippen LogP contribution in [0.3, 0.4) is 0 Å². The Balaban J connectivity index is 1.19. The second-order valence-corrected chi connectivity index (χ2v) is 9.58. The molecule has 0 radical (unpaired) electrons. The fourth-order valence-corrected chi connectivity index (χ4v) is 4.89. The summed E-state index contributed by atoms with van der Waals surface area (Å²) in [5, 5.41) is 8.46. The lowest BCUT2D eigenvalue weighted by Gasteiger charge is -2.30. The van der Waals surface area contributed by atoms with Crippen molar-refractivity contribution in [3.8, 4) is 11.5 Å². The van der Waals surface area contributed by atoms with Gasteiger partial charge in [-0.25, -0.2) is 4.98 Å². The number of rotatable bonds is 11. The normalized spacial score (nSPS) is 17.8. The van der Waals surface area contributed by atoms with Crippen LogP contribution in [0.5, 0.6) is 11.5 Å². The van der Waals surface area contributed by atoms with Gasteiger partial charge in [-0.15, -0.1) is 0 Å². The molecule has 4 rings (SSSR count). The molecule has 0 bridgehead atoms. The van der Waals surface area contributed by atoms with Crippen molar-refractivity contribution < 1.29 is 9.47 Å². The van der Waals surface area contributed by atoms with Crippen molar-refractivity contribution in [2.75, 3.05) is 45.1 Å². The fourth-order valence-electron chi connectivity index (χ4n) is 4.89. The molecule has 0 unspecified atom stereocenters. The third-order valence-corrected chi connectivity index (χ3v) is 6.84. The van der Waals surface area contributed by atoms with Crippen molar-refractivity contribution in [2.24, 2.45) is 0 Å². The fraction of sp³-hybridized carbons (Fsp3) is 0.500. The van der Waals surface area contributed by atoms with Crippen LogP contribution in [0.1, 0.15) is 44.1 Å². The molecule has 7 heteroatoms. The molecule has 0 atom stereocenters. The van der Waals surface area contributed by atoms with E-state index in [0.717, 1.165) is 66.4 Å². The number of fused-ring (bicyclic) bond motifs is 1. The Labute approximate surface area is 209 Å². The topological polar surface area (TPSA) is 71.5 Å². The van der Waals surface area contributed by atoms with Crippen LogP contribution in [0.15, 0.2) is 42.5 Å². The molecule has 2 N–H and O–H groups in total. The first-order valence-corrected chi connectivity index (χ1v) is 12.7. The average molecular weight is 478 g/mol. The molecule has 1 saturated carbocycles. The molecule has 0 saturated heterocycles. The maximum atomic E-state index is 5.41. The van der Waals surface area contributed by atoms with E-state index in [9.17, 15) is 0 Å². The molecular weight excluding hydrogens is 438 g/mol. The maximum Gasteiger partial charge on any atom is 0.225 e. The molecule has 2 aromatic carbocycles. The Bertz CT molecular complexity index is 1100. The number of hydrogen-bond donors (Lipinski definition) is 2. The van der Waals surface area contributed by atoms with Crippen molar-refractivity contribution in [3.63, 3.8) is 0 Å². The van der Waals surface area contributed by atoms with Crippen molar-refractivity contribution >= 4 is 22.7 Å². The van der Waals surface area contributed by atoms with Gasteiger partial charge in [-0.3, -0.25) is 0 Å². The molecule has 1 heterocycles. The van der Waals surface area contributed by atoms with E-state index < -0.39 is 0 Å². The summed E-state index contributed by atoms with van der Waals surface area (Å²) in [6, 6.07) is 15.4. The summed E-state index contributed by atoms with van der Waals surface area (Å²) in [4.78, 5) is 11.6. The number of aromatic nitrogens is 2. The monoisotopic (exact) mass is 477 g/mol. The van der Waals surface area contributed by atoms with Crippen molar-refractivity contribution in [2.45, 2.75) is 57.0 Å². The lowest BCUT2D eigenvalue weighted by atomic mass is 9.91. The van der Waals surface area contributed by atoms with E-state index in [2.05, 4.69) is 39.8 Å². The van der Waals surface area contributed by atoms with Gasteiger partial charge in [0.25, 0.3) is 0 Å². The summed E-state index contributed by atoms with van der Waals surface area (Å²) in [6.45, 7) is 1.07. The standard InChI is InChI=1S/C28H39N5O2/c1-33(2)27-23-10-5-6-11-24(23)31-28(32-27)30-22-15-13-21(14-16-22)29-18-8-7-9-20-12-17-25(34-3)26(19-20)35-4/h5-6,10-12,17,19,21-22,29H,7-9,13-16,18H2,1-4H3,(H,30,31,32). The second kappa shape index (κ2) is 12.1. The molecule has 0 spiro atoms. The zero-order valence-electron chi connectivity index (χ0n) is 21.5. The third kappa shape index (κ3) is 6.54. The van der Waals surface area contributed by atoms with Gasteiger partial charge < -0.3 is 25.0 Å². The van der Waals surface area contributed by atoms with Gasteiger partial charge in [-0.1, -0.05) is 18.2 Å². The lowest BCUT2D eigenvalue weighted by molar-refractivity contribution is 0.351. The summed E-state index contributed by atoms with van der Waals surface area (Å²) >= 11 is 0. The Morgan fingerprint density at radius 2 is 1.63 bits per heavy atom. The number of para-hydroxylation sites is 1. The second-order valence-electron chi connectivity index (χ2n) is 9.58. The number of nitrogens with one attached hydrogen (secondary N) is 2. The van der Waals surface area contributed by atoms with Gasteiger partial charge in [-0.2, -0.15) is 4.98 Å². The van der Waals surface area contributed by atoms with Gasteiger partial charge in [0, 0.05) is 31.6 Å². The van der Waals surface area contributed by atoms with E-state index in [0.29, 0.717) is 12.1 Å². The molecule has 3 aromatic rings. The average Bonchev–Trinajstić information content (AvgIpc) is 2.88. The smallest absolute Gasteiger partial charge is 0.225 e.